The molecule has 1 unspecified atom stereocenters. The fourth-order valence-corrected chi connectivity index (χ4v) is 1.36. The molecule has 1 aromatic carbocycles. The number of anilines is 2. The molecule has 0 radical (unpaired) electrons. The van der Waals surface area contributed by atoms with E-state index in [2.05, 4.69) is 26.1 Å². The van der Waals surface area contributed by atoms with E-state index in [9.17, 15) is 4.39 Å². The van der Waals surface area contributed by atoms with Gasteiger partial charge in [0.2, 0.25) is 0 Å². The highest BCUT2D eigenvalue weighted by Gasteiger charge is 2.09. The maximum absolute atomic E-state index is 13.2. The van der Waals surface area contributed by atoms with Gasteiger partial charge >= 0.3 is 0 Å². The number of aryl methyl sites for hydroxylation is 1. The molecule has 0 fully saturated rings. The summed E-state index contributed by atoms with van der Waals surface area (Å²) in [7, 11) is 0. The molecule has 0 aliphatic heterocycles. The van der Waals surface area contributed by atoms with Crippen molar-refractivity contribution < 1.29 is 4.39 Å². The van der Waals surface area contributed by atoms with Gasteiger partial charge in [-0.1, -0.05) is 20.8 Å². The molecule has 1 atom stereocenters. The van der Waals surface area contributed by atoms with Gasteiger partial charge in [-0.25, -0.2) is 4.39 Å². The molecule has 0 amide bonds. The Balaban J connectivity index is 2.71. The summed E-state index contributed by atoms with van der Waals surface area (Å²) in [5.41, 5.74) is 7.67. The summed E-state index contributed by atoms with van der Waals surface area (Å²) in [6.07, 6.45) is 0. The number of nitrogens with one attached hydrogen (secondary N) is 1. The monoisotopic (exact) mass is 224 g/mol. The molecule has 0 aliphatic carbocycles. The number of hydrogen-bond acceptors (Lipinski definition) is 2. The molecule has 1 aromatic rings. The predicted octanol–water partition coefficient (Wildman–Crippen LogP) is 3.42. The van der Waals surface area contributed by atoms with Crippen molar-refractivity contribution in [1.82, 2.24) is 0 Å². The molecule has 0 heterocycles. The summed E-state index contributed by atoms with van der Waals surface area (Å²) in [5.74, 6) is 0.931. The summed E-state index contributed by atoms with van der Waals surface area (Å²) >= 11 is 0. The predicted molar refractivity (Wildman–Crippen MR) is 68.0 cm³/mol. The minimum Gasteiger partial charge on any atom is -0.397 e. The Morgan fingerprint density at radius 1 is 1.31 bits per heavy atom. The van der Waals surface area contributed by atoms with Crippen LogP contribution in [0.1, 0.15) is 26.3 Å². The van der Waals surface area contributed by atoms with Gasteiger partial charge in [-0.15, -0.1) is 0 Å². The van der Waals surface area contributed by atoms with Gasteiger partial charge in [0.15, 0.2) is 0 Å². The largest absolute Gasteiger partial charge is 0.397 e. The Kier molecular flexibility index (Phi) is 4.16. The van der Waals surface area contributed by atoms with Gasteiger partial charge in [-0.05, 0) is 36.5 Å². The second-order valence-corrected chi connectivity index (χ2v) is 4.79. The van der Waals surface area contributed by atoms with Crippen molar-refractivity contribution in [2.75, 3.05) is 17.6 Å². The standard InChI is InChI=1S/C13H21FN2/c1-8(2)10(4)7-16-13-5-9(3)11(14)6-12(13)15/h5-6,8,10,16H,7,15H2,1-4H3. The van der Waals surface area contributed by atoms with Gasteiger partial charge in [0, 0.05) is 6.54 Å². The number of nitrogens with two attached hydrogens (primary N) is 1. The number of benzene rings is 1. The maximum atomic E-state index is 13.2. The van der Waals surface area contributed by atoms with E-state index >= 15 is 0 Å². The van der Waals surface area contributed by atoms with Crippen molar-refractivity contribution in [3.63, 3.8) is 0 Å². The van der Waals surface area contributed by atoms with Crippen LogP contribution in [0.15, 0.2) is 12.1 Å². The van der Waals surface area contributed by atoms with Gasteiger partial charge in [0.1, 0.15) is 5.82 Å². The third-order valence-corrected chi connectivity index (χ3v) is 3.08. The lowest BCUT2D eigenvalue weighted by Gasteiger charge is -2.18. The Hall–Kier alpha value is -1.25. The summed E-state index contributed by atoms with van der Waals surface area (Å²) in [6, 6.07) is 3.13. The average Bonchev–Trinajstić information content (AvgIpc) is 2.20. The first-order valence-corrected chi connectivity index (χ1v) is 5.71. The van der Waals surface area contributed by atoms with E-state index in [0.717, 1.165) is 12.2 Å². The van der Waals surface area contributed by atoms with Crippen molar-refractivity contribution in [3.8, 4) is 0 Å². The van der Waals surface area contributed by atoms with Gasteiger partial charge in [-0.3, -0.25) is 0 Å². The molecule has 2 nitrogen and oxygen atoms in total. The molecule has 0 spiro atoms. The molecule has 0 bridgehead atoms. The van der Waals surface area contributed by atoms with Crippen molar-refractivity contribution in [1.29, 1.82) is 0 Å². The first kappa shape index (κ1) is 12.8. The summed E-state index contributed by atoms with van der Waals surface area (Å²) in [6.45, 7) is 9.15. The number of nitrogen functional groups attached to an aromatic ring is 1. The summed E-state index contributed by atoms with van der Waals surface area (Å²) < 4.78 is 13.2. The first-order chi connectivity index (χ1) is 7.41. The minimum atomic E-state index is -0.250. The normalized spacial score (nSPS) is 12.9. The van der Waals surface area contributed by atoms with Crippen molar-refractivity contribution >= 4 is 11.4 Å². The zero-order valence-electron chi connectivity index (χ0n) is 10.5. The van der Waals surface area contributed by atoms with Gasteiger partial charge < -0.3 is 11.1 Å². The van der Waals surface area contributed by atoms with Gasteiger partial charge in [0.05, 0.1) is 11.4 Å². The lowest BCUT2D eigenvalue weighted by Crippen LogP contribution is -2.17. The highest BCUT2D eigenvalue weighted by Crippen LogP contribution is 2.23. The van der Waals surface area contributed by atoms with E-state index in [-0.39, 0.29) is 5.82 Å². The minimum absolute atomic E-state index is 0.250. The van der Waals surface area contributed by atoms with Gasteiger partial charge in [-0.2, -0.15) is 0 Å². The lowest BCUT2D eigenvalue weighted by atomic mass is 9.98. The van der Waals surface area contributed by atoms with Crippen LogP contribution in [0, 0.1) is 24.6 Å². The first-order valence-electron chi connectivity index (χ1n) is 5.71. The van der Waals surface area contributed by atoms with E-state index in [1.165, 1.54) is 6.07 Å². The van der Waals surface area contributed by atoms with Crippen LogP contribution >= 0.6 is 0 Å². The van der Waals surface area contributed by atoms with Crippen LogP contribution in [-0.2, 0) is 0 Å². The van der Waals surface area contributed by atoms with Crippen LogP contribution in [0.5, 0.6) is 0 Å². The van der Waals surface area contributed by atoms with E-state index in [1.807, 2.05) is 0 Å². The Labute approximate surface area is 97.0 Å². The fraction of sp³-hybridized carbons (Fsp3) is 0.538. The summed E-state index contributed by atoms with van der Waals surface area (Å²) in [5, 5.41) is 3.27. The fourth-order valence-electron chi connectivity index (χ4n) is 1.36. The third kappa shape index (κ3) is 3.12. The summed E-state index contributed by atoms with van der Waals surface area (Å²) in [4.78, 5) is 0. The quantitative estimate of drug-likeness (QED) is 0.769. The van der Waals surface area contributed by atoms with Crippen LogP contribution in [0.3, 0.4) is 0 Å². The van der Waals surface area contributed by atoms with Gasteiger partial charge in [0.25, 0.3) is 0 Å². The van der Waals surface area contributed by atoms with Crippen molar-refractivity contribution in [3.05, 3.63) is 23.5 Å². The zero-order valence-corrected chi connectivity index (χ0v) is 10.5. The van der Waals surface area contributed by atoms with E-state index in [0.29, 0.717) is 23.1 Å². The topological polar surface area (TPSA) is 38.0 Å². The highest BCUT2D eigenvalue weighted by molar-refractivity contribution is 5.67. The molecule has 0 aliphatic rings. The van der Waals surface area contributed by atoms with Crippen molar-refractivity contribution in [2.45, 2.75) is 27.7 Å². The number of hydrogen-bond donors (Lipinski definition) is 2. The van der Waals surface area contributed by atoms with Crippen LogP contribution in [0.2, 0.25) is 0 Å². The molecular weight excluding hydrogens is 203 g/mol. The molecule has 90 valence electrons. The maximum Gasteiger partial charge on any atom is 0.128 e. The molecule has 16 heavy (non-hydrogen) atoms. The molecule has 0 saturated carbocycles. The van der Waals surface area contributed by atoms with E-state index in [4.69, 9.17) is 5.73 Å². The van der Waals surface area contributed by atoms with Crippen LogP contribution < -0.4 is 11.1 Å². The average molecular weight is 224 g/mol. The third-order valence-electron chi connectivity index (χ3n) is 3.08. The van der Waals surface area contributed by atoms with Crippen LogP contribution in [-0.4, -0.2) is 6.54 Å². The smallest absolute Gasteiger partial charge is 0.128 e. The van der Waals surface area contributed by atoms with Crippen molar-refractivity contribution in [2.24, 2.45) is 11.8 Å². The molecule has 0 aromatic heterocycles. The molecule has 0 saturated heterocycles. The molecule has 3 N–H and O–H groups in total. The molecule has 3 heteroatoms. The van der Waals surface area contributed by atoms with E-state index < -0.39 is 0 Å². The van der Waals surface area contributed by atoms with E-state index in [1.54, 1.807) is 13.0 Å². The lowest BCUT2D eigenvalue weighted by molar-refractivity contribution is 0.440. The van der Waals surface area contributed by atoms with Crippen LogP contribution in [0.25, 0.3) is 0 Å². The Morgan fingerprint density at radius 3 is 2.50 bits per heavy atom. The second kappa shape index (κ2) is 5.19. The number of halogens is 1. The Morgan fingerprint density at radius 2 is 1.94 bits per heavy atom. The second-order valence-electron chi connectivity index (χ2n) is 4.79. The SMILES string of the molecule is Cc1cc(NCC(C)C(C)C)c(N)cc1F. The zero-order chi connectivity index (χ0) is 12.3. The van der Waals surface area contributed by atoms with Crippen LogP contribution in [0.4, 0.5) is 15.8 Å². The Bertz CT molecular complexity index is 361. The number of rotatable bonds is 4. The molecular formula is C13H21FN2. The highest BCUT2D eigenvalue weighted by atomic mass is 19.1. The molecule has 1 rings (SSSR count).